The maximum Gasteiger partial charge on any atom is 0.0817 e. The maximum atomic E-state index is 10.4. The number of hydrogen-bond donors (Lipinski definition) is 1. The van der Waals surface area contributed by atoms with Crippen molar-refractivity contribution in [2.45, 2.75) is 38.2 Å². The summed E-state index contributed by atoms with van der Waals surface area (Å²) in [4.78, 5) is 2.42. The summed E-state index contributed by atoms with van der Waals surface area (Å²) >= 11 is 0. The highest BCUT2D eigenvalue weighted by Crippen LogP contribution is 2.24. The molecule has 0 aliphatic carbocycles. The van der Waals surface area contributed by atoms with Gasteiger partial charge in [0, 0.05) is 32.6 Å². The fourth-order valence-corrected chi connectivity index (χ4v) is 2.55. The number of rotatable bonds is 2. The van der Waals surface area contributed by atoms with Crippen LogP contribution in [-0.4, -0.2) is 48.5 Å². The number of ether oxygens (including phenoxy) is 1. The van der Waals surface area contributed by atoms with E-state index in [-0.39, 0.29) is 0 Å². The largest absolute Gasteiger partial charge is 0.388 e. The Hall–Kier alpha value is -0.120. The van der Waals surface area contributed by atoms with Crippen molar-refractivity contribution in [3.63, 3.8) is 0 Å². The minimum Gasteiger partial charge on any atom is -0.388 e. The van der Waals surface area contributed by atoms with Crippen molar-refractivity contribution in [2.24, 2.45) is 5.92 Å². The molecule has 0 aromatic heterocycles. The van der Waals surface area contributed by atoms with Gasteiger partial charge in [0.1, 0.15) is 0 Å². The molecule has 0 bridgehead atoms. The van der Waals surface area contributed by atoms with E-state index in [2.05, 4.69) is 11.8 Å². The Morgan fingerprint density at radius 3 is 2.47 bits per heavy atom. The van der Waals surface area contributed by atoms with E-state index in [1.807, 2.05) is 0 Å². The van der Waals surface area contributed by atoms with Gasteiger partial charge in [-0.3, -0.25) is 0 Å². The molecule has 88 valence electrons. The summed E-state index contributed by atoms with van der Waals surface area (Å²) < 4.78 is 5.29. The predicted octanol–water partition coefficient (Wildman–Crippen LogP) is 1.26. The van der Waals surface area contributed by atoms with Gasteiger partial charge in [-0.25, -0.2) is 0 Å². The summed E-state index contributed by atoms with van der Waals surface area (Å²) in [6.07, 6.45) is 4.18. The summed E-state index contributed by atoms with van der Waals surface area (Å²) in [6.45, 7) is 6.93. The Labute approximate surface area is 92.4 Å². The Bertz CT molecular complexity index is 194. The maximum absolute atomic E-state index is 10.4. The lowest BCUT2D eigenvalue weighted by Crippen LogP contribution is -2.48. The van der Waals surface area contributed by atoms with Gasteiger partial charge in [-0.1, -0.05) is 6.92 Å². The molecule has 0 atom stereocenters. The molecular weight excluding hydrogens is 190 g/mol. The number of β-amino-alcohol motifs (C(OH)–C–C–N with tert-alkyl or cyclic N) is 1. The molecule has 0 aromatic carbocycles. The van der Waals surface area contributed by atoms with Gasteiger partial charge < -0.3 is 14.7 Å². The van der Waals surface area contributed by atoms with Crippen LogP contribution in [0.15, 0.2) is 0 Å². The predicted molar refractivity (Wildman–Crippen MR) is 59.8 cm³/mol. The van der Waals surface area contributed by atoms with Crippen LogP contribution in [0.25, 0.3) is 0 Å². The van der Waals surface area contributed by atoms with Crippen LogP contribution in [0.5, 0.6) is 0 Å². The van der Waals surface area contributed by atoms with Crippen molar-refractivity contribution in [1.29, 1.82) is 0 Å². The molecule has 3 nitrogen and oxygen atoms in total. The molecule has 2 saturated heterocycles. The number of nitrogens with zero attached hydrogens (tertiary/aromatic N) is 1. The number of hydrogen-bond acceptors (Lipinski definition) is 3. The molecular formula is C12H23NO2. The first kappa shape index (κ1) is 11.4. The standard InChI is InChI=1S/C12H23NO2/c1-11-2-6-13(7-3-11)10-12(14)4-8-15-9-5-12/h11,14H,2-10H2,1H3. The van der Waals surface area contributed by atoms with Crippen molar-refractivity contribution >= 4 is 0 Å². The summed E-state index contributed by atoms with van der Waals surface area (Å²) in [5.41, 5.74) is -0.473. The molecule has 0 unspecified atom stereocenters. The first-order valence-electron chi connectivity index (χ1n) is 6.20. The second kappa shape index (κ2) is 4.81. The second-order valence-electron chi connectivity index (χ2n) is 5.30. The van der Waals surface area contributed by atoms with Crippen LogP contribution in [0.4, 0.5) is 0 Å². The monoisotopic (exact) mass is 213 g/mol. The van der Waals surface area contributed by atoms with Crippen molar-refractivity contribution in [1.82, 2.24) is 4.90 Å². The van der Waals surface area contributed by atoms with E-state index in [4.69, 9.17) is 4.74 Å². The molecule has 0 saturated carbocycles. The average Bonchev–Trinajstić information content (AvgIpc) is 2.22. The highest BCUT2D eigenvalue weighted by Gasteiger charge is 2.32. The lowest BCUT2D eigenvalue weighted by molar-refractivity contribution is -0.0827. The van der Waals surface area contributed by atoms with Crippen LogP contribution in [0, 0.1) is 5.92 Å². The molecule has 15 heavy (non-hydrogen) atoms. The van der Waals surface area contributed by atoms with Crippen LogP contribution in [0.3, 0.4) is 0 Å². The van der Waals surface area contributed by atoms with Gasteiger partial charge >= 0.3 is 0 Å². The lowest BCUT2D eigenvalue weighted by atomic mass is 9.91. The Kier molecular flexibility index (Phi) is 3.65. The molecule has 0 amide bonds. The van der Waals surface area contributed by atoms with Crippen molar-refractivity contribution < 1.29 is 9.84 Å². The van der Waals surface area contributed by atoms with Gasteiger partial charge in [-0.2, -0.15) is 0 Å². The van der Waals surface area contributed by atoms with Crippen LogP contribution < -0.4 is 0 Å². The second-order valence-corrected chi connectivity index (χ2v) is 5.30. The van der Waals surface area contributed by atoms with Gasteiger partial charge in [-0.05, 0) is 31.8 Å². The van der Waals surface area contributed by atoms with E-state index in [9.17, 15) is 5.11 Å². The topological polar surface area (TPSA) is 32.7 Å². The summed E-state index contributed by atoms with van der Waals surface area (Å²) in [6, 6.07) is 0. The minimum atomic E-state index is -0.473. The van der Waals surface area contributed by atoms with E-state index in [1.54, 1.807) is 0 Å². The van der Waals surface area contributed by atoms with E-state index < -0.39 is 5.60 Å². The van der Waals surface area contributed by atoms with Crippen molar-refractivity contribution in [3.8, 4) is 0 Å². The smallest absolute Gasteiger partial charge is 0.0817 e. The summed E-state index contributed by atoms with van der Waals surface area (Å²) in [7, 11) is 0. The van der Waals surface area contributed by atoms with Gasteiger partial charge in [-0.15, -0.1) is 0 Å². The normalized spacial score (nSPS) is 29.2. The molecule has 3 heteroatoms. The number of aliphatic hydroxyl groups is 1. The fourth-order valence-electron chi connectivity index (χ4n) is 2.55. The lowest BCUT2D eigenvalue weighted by Gasteiger charge is -2.39. The Morgan fingerprint density at radius 1 is 1.27 bits per heavy atom. The molecule has 2 fully saturated rings. The van der Waals surface area contributed by atoms with E-state index >= 15 is 0 Å². The SMILES string of the molecule is CC1CCN(CC2(O)CCOCC2)CC1. The van der Waals surface area contributed by atoms with Crippen LogP contribution in [-0.2, 0) is 4.74 Å². The van der Waals surface area contributed by atoms with Gasteiger partial charge in [0.15, 0.2) is 0 Å². The minimum absolute atomic E-state index is 0.473. The van der Waals surface area contributed by atoms with E-state index in [1.165, 1.54) is 12.8 Å². The molecule has 2 heterocycles. The highest BCUT2D eigenvalue weighted by atomic mass is 16.5. The third-order valence-electron chi connectivity index (χ3n) is 3.82. The third-order valence-corrected chi connectivity index (χ3v) is 3.82. The fraction of sp³-hybridized carbons (Fsp3) is 1.00. The van der Waals surface area contributed by atoms with Gasteiger partial charge in [0.2, 0.25) is 0 Å². The zero-order chi connectivity index (χ0) is 10.7. The molecule has 0 aromatic rings. The van der Waals surface area contributed by atoms with E-state index in [0.717, 1.165) is 51.6 Å². The molecule has 2 aliphatic rings. The summed E-state index contributed by atoms with van der Waals surface area (Å²) in [5, 5.41) is 10.4. The molecule has 2 aliphatic heterocycles. The highest BCUT2D eigenvalue weighted by molar-refractivity contribution is 4.86. The van der Waals surface area contributed by atoms with Crippen LogP contribution >= 0.6 is 0 Å². The van der Waals surface area contributed by atoms with E-state index in [0.29, 0.717) is 0 Å². The molecule has 0 radical (unpaired) electrons. The molecule has 2 rings (SSSR count). The zero-order valence-electron chi connectivity index (χ0n) is 9.74. The first-order chi connectivity index (χ1) is 7.18. The van der Waals surface area contributed by atoms with Gasteiger partial charge in [0.25, 0.3) is 0 Å². The average molecular weight is 213 g/mol. The number of likely N-dealkylation sites (tertiary alicyclic amines) is 1. The van der Waals surface area contributed by atoms with Crippen molar-refractivity contribution in [2.75, 3.05) is 32.8 Å². The molecule has 0 spiro atoms. The van der Waals surface area contributed by atoms with Crippen LogP contribution in [0.1, 0.15) is 32.6 Å². The Balaban J connectivity index is 1.80. The third kappa shape index (κ3) is 3.16. The zero-order valence-corrected chi connectivity index (χ0v) is 9.74. The summed E-state index contributed by atoms with van der Waals surface area (Å²) in [5.74, 6) is 0.866. The van der Waals surface area contributed by atoms with Crippen LogP contribution in [0.2, 0.25) is 0 Å². The van der Waals surface area contributed by atoms with Crippen molar-refractivity contribution in [3.05, 3.63) is 0 Å². The van der Waals surface area contributed by atoms with Gasteiger partial charge in [0.05, 0.1) is 5.60 Å². The Morgan fingerprint density at radius 2 is 1.87 bits per heavy atom. The first-order valence-corrected chi connectivity index (χ1v) is 6.20. The quantitative estimate of drug-likeness (QED) is 0.749. The molecule has 1 N–H and O–H groups in total. The number of piperidine rings is 1.